The fraction of sp³-hybridized carbons (Fsp3) is 0.471. The third-order valence-electron chi connectivity index (χ3n) is 4.08. The molecule has 3 heteroatoms. The van der Waals surface area contributed by atoms with Crippen molar-refractivity contribution in [3.8, 4) is 5.75 Å². The lowest BCUT2D eigenvalue weighted by molar-refractivity contribution is -0.0322. The summed E-state index contributed by atoms with van der Waals surface area (Å²) in [5.74, 6) is 0.169. The topological polar surface area (TPSA) is 46.5 Å². The van der Waals surface area contributed by atoms with Gasteiger partial charge in [-0.25, -0.2) is 4.79 Å². The standard InChI is InChI=1S/C17H22O3/c1-12-4-8-14(9-5-12)17(2,3)20-16(19)13-6-10-15(18)11-7-13/h4,6-7,10-11,14,18H,5,8-9H2,1-3H3. The minimum absolute atomic E-state index is 0.147. The number of aromatic hydroxyl groups is 1. The van der Waals surface area contributed by atoms with Crippen molar-refractivity contribution in [3.05, 3.63) is 41.5 Å². The van der Waals surface area contributed by atoms with Crippen molar-refractivity contribution in [3.63, 3.8) is 0 Å². The number of phenolic OH excluding ortho intramolecular Hbond substituents is 1. The van der Waals surface area contributed by atoms with Gasteiger partial charge in [-0.15, -0.1) is 0 Å². The Morgan fingerprint density at radius 2 is 1.95 bits per heavy atom. The maximum absolute atomic E-state index is 12.2. The number of allylic oxidation sites excluding steroid dienone is 2. The Balaban J connectivity index is 2.04. The van der Waals surface area contributed by atoms with Crippen LogP contribution in [0, 0.1) is 5.92 Å². The van der Waals surface area contributed by atoms with Gasteiger partial charge in [0.15, 0.2) is 0 Å². The molecule has 0 saturated carbocycles. The predicted octanol–water partition coefficient (Wildman–Crippen LogP) is 4.07. The van der Waals surface area contributed by atoms with E-state index in [-0.39, 0.29) is 11.7 Å². The van der Waals surface area contributed by atoms with E-state index in [1.165, 1.54) is 17.7 Å². The Morgan fingerprint density at radius 1 is 1.30 bits per heavy atom. The van der Waals surface area contributed by atoms with E-state index in [4.69, 9.17) is 4.74 Å². The summed E-state index contributed by atoms with van der Waals surface area (Å²) < 4.78 is 5.69. The van der Waals surface area contributed by atoms with Gasteiger partial charge in [-0.05, 0) is 64.3 Å². The molecule has 20 heavy (non-hydrogen) atoms. The number of phenols is 1. The average molecular weight is 274 g/mol. The van der Waals surface area contributed by atoms with Crippen LogP contribution in [-0.4, -0.2) is 16.7 Å². The SMILES string of the molecule is CC1=CCC(C(C)(C)OC(=O)c2ccc(O)cc2)CC1. The Kier molecular flexibility index (Phi) is 4.17. The largest absolute Gasteiger partial charge is 0.508 e. The Hall–Kier alpha value is -1.77. The Morgan fingerprint density at radius 3 is 2.50 bits per heavy atom. The minimum atomic E-state index is -0.480. The number of rotatable bonds is 3. The summed E-state index contributed by atoms with van der Waals surface area (Å²) in [4.78, 5) is 12.2. The molecule has 0 aromatic heterocycles. The fourth-order valence-corrected chi connectivity index (χ4v) is 2.58. The van der Waals surface area contributed by atoms with Gasteiger partial charge in [-0.1, -0.05) is 11.6 Å². The fourth-order valence-electron chi connectivity index (χ4n) is 2.58. The van der Waals surface area contributed by atoms with Gasteiger partial charge >= 0.3 is 5.97 Å². The molecular formula is C17H22O3. The van der Waals surface area contributed by atoms with Crippen LogP contribution in [0.1, 0.15) is 50.4 Å². The molecule has 0 saturated heterocycles. The van der Waals surface area contributed by atoms with E-state index in [2.05, 4.69) is 13.0 Å². The van der Waals surface area contributed by atoms with E-state index in [0.717, 1.165) is 19.3 Å². The second kappa shape index (κ2) is 5.70. The molecule has 1 unspecified atom stereocenters. The van der Waals surface area contributed by atoms with Gasteiger partial charge in [0.25, 0.3) is 0 Å². The van der Waals surface area contributed by atoms with Gasteiger partial charge in [-0.2, -0.15) is 0 Å². The van der Waals surface area contributed by atoms with Gasteiger partial charge in [0, 0.05) is 5.92 Å². The van der Waals surface area contributed by atoms with E-state index >= 15 is 0 Å². The van der Waals surface area contributed by atoms with E-state index in [1.807, 2.05) is 13.8 Å². The van der Waals surface area contributed by atoms with E-state index in [9.17, 15) is 9.90 Å². The molecule has 1 N–H and O–H groups in total. The van der Waals surface area contributed by atoms with Crippen LogP contribution in [0.25, 0.3) is 0 Å². The zero-order chi connectivity index (χ0) is 14.8. The predicted molar refractivity (Wildman–Crippen MR) is 78.7 cm³/mol. The van der Waals surface area contributed by atoms with E-state index in [1.54, 1.807) is 12.1 Å². The molecule has 2 rings (SSSR count). The van der Waals surface area contributed by atoms with Crippen molar-refractivity contribution in [2.75, 3.05) is 0 Å². The number of benzene rings is 1. The van der Waals surface area contributed by atoms with Crippen LogP contribution >= 0.6 is 0 Å². The molecule has 0 aliphatic heterocycles. The zero-order valence-electron chi connectivity index (χ0n) is 12.3. The van der Waals surface area contributed by atoms with Crippen LogP contribution in [0.3, 0.4) is 0 Å². The molecule has 0 amide bonds. The highest BCUT2D eigenvalue weighted by Gasteiger charge is 2.34. The lowest BCUT2D eigenvalue weighted by Gasteiger charge is -2.35. The summed E-state index contributed by atoms with van der Waals surface area (Å²) in [6.45, 7) is 6.10. The van der Waals surface area contributed by atoms with Gasteiger partial charge < -0.3 is 9.84 Å². The highest BCUT2D eigenvalue weighted by Crippen LogP contribution is 2.34. The molecule has 0 spiro atoms. The lowest BCUT2D eigenvalue weighted by Crippen LogP contribution is -2.37. The lowest BCUT2D eigenvalue weighted by atomic mass is 9.79. The molecule has 0 fully saturated rings. The number of ether oxygens (including phenoxy) is 1. The number of hydrogen-bond acceptors (Lipinski definition) is 3. The van der Waals surface area contributed by atoms with Gasteiger partial charge in [0.2, 0.25) is 0 Å². The van der Waals surface area contributed by atoms with Crippen LogP contribution in [0.5, 0.6) is 5.75 Å². The van der Waals surface area contributed by atoms with Crippen LogP contribution < -0.4 is 0 Å². The number of carbonyl (C=O) groups is 1. The molecule has 108 valence electrons. The summed E-state index contributed by atoms with van der Waals surface area (Å²) in [7, 11) is 0. The minimum Gasteiger partial charge on any atom is -0.508 e. The summed E-state index contributed by atoms with van der Waals surface area (Å²) >= 11 is 0. The van der Waals surface area contributed by atoms with E-state index in [0.29, 0.717) is 11.5 Å². The highest BCUT2D eigenvalue weighted by atomic mass is 16.6. The first-order chi connectivity index (χ1) is 9.38. The molecule has 3 nitrogen and oxygen atoms in total. The van der Waals surface area contributed by atoms with Crippen molar-refractivity contribution in [2.45, 2.75) is 45.6 Å². The van der Waals surface area contributed by atoms with Crippen LogP contribution in [0.15, 0.2) is 35.9 Å². The quantitative estimate of drug-likeness (QED) is 0.667. The van der Waals surface area contributed by atoms with Crippen LogP contribution in [0.2, 0.25) is 0 Å². The molecule has 1 aromatic rings. The van der Waals surface area contributed by atoms with Gasteiger partial charge in [0.1, 0.15) is 11.4 Å². The smallest absolute Gasteiger partial charge is 0.338 e. The zero-order valence-corrected chi connectivity index (χ0v) is 12.3. The molecule has 1 aliphatic rings. The molecule has 1 atom stereocenters. The maximum Gasteiger partial charge on any atom is 0.338 e. The van der Waals surface area contributed by atoms with Crippen LogP contribution in [0.4, 0.5) is 0 Å². The number of esters is 1. The number of hydrogen-bond donors (Lipinski definition) is 1. The van der Waals surface area contributed by atoms with Crippen LogP contribution in [-0.2, 0) is 4.74 Å². The Bertz CT molecular complexity index is 512. The average Bonchev–Trinajstić information content (AvgIpc) is 2.39. The summed E-state index contributed by atoms with van der Waals surface area (Å²) in [5, 5.41) is 9.24. The maximum atomic E-state index is 12.2. The first-order valence-electron chi connectivity index (χ1n) is 7.06. The summed E-state index contributed by atoms with van der Waals surface area (Å²) in [5.41, 5.74) is 1.41. The van der Waals surface area contributed by atoms with Gasteiger partial charge in [-0.3, -0.25) is 0 Å². The van der Waals surface area contributed by atoms with Crippen molar-refractivity contribution in [2.24, 2.45) is 5.92 Å². The molecule has 1 aliphatic carbocycles. The van der Waals surface area contributed by atoms with Crippen molar-refractivity contribution >= 4 is 5.97 Å². The third-order valence-corrected chi connectivity index (χ3v) is 4.08. The molecule has 1 aromatic carbocycles. The normalized spacial score (nSPS) is 19.4. The monoisotopic (exact) mass is 274 g/mol. The van der Waals surface area contributed by atoms with Crippen molar-refractivity contribution in [1.29, 1.82) is 0 Å². The van der Waals surface area contributed by atoms with Crippen molar-refractivity contribution < 1.29 is 14.6 Å². The first kappa shape index (κ1) is 14.6. The van der Waals surface area contributed by atoms with E-state index < -0.39 is 5.60 Å². The Labute approximate surface area is 120 Å². The summed E-state index contributed by atoms with van der Waals surface area (Å²) in [6.07, 6.45) is 5.33. The van der Waals surface area contributed by atoms with Crippen molar-refractivity contribution in [1.82, 2.24) is 0 Å². The molecule has 0 radical (unpaired) electrons. The second-order valence-corrected chi connectivity index (χ2v) is 6.06. The first-order valence-corrected chi connectivity index (χ1v) is 7.06. The molecule has 0 heterocycles. The summed E-state index contributed by atoms with van der Waals surface area (Å²) in [6, 6.07) is 6.16. The molecular weight excluding hydrogens is 252 g/mol. The number of carbonyl (C=O) groups excluding carboxylic acids is 1. The second-order valence-electron chi connectivity index (χ2n) is 6.06. The highest BCUT2D eigenvalue weighted by molar-refractivity contribution is 5.89. The molecule has 0 bridgehead atoms. The van der Waals surface area contributed by atoms with Gasteiger partial charge in [0.05, 0.1) is 5.56 Å². The third kappa shape index (κ3) is 3.41.